The molecule has 1 heterocycles. The molecule has 66 valence electrons. The Kier molecular flexibility index (Phi) is 2.02. The Balaban J connectivity index is 2.53. The van der Waals surface area contributed by atoms with Crippen molar-refractivity contribution in [2.45, 2.75) is 32.1 Å². The Morgan fingerprint density at radius 2 is 2.46 bits per heavy atom. The molecule has 2 heteroatoms. The summed E-state index contributed by atoms with van der Waals surface area (Å²) in [6, 6.07) is 4.35. The minimum absolute atomic E-state index is 0.0312. The summed E-state index contributed by atoms with van der Waals surface area (Å²) in [4.78, 5) is 4.31. The van der Waals surface area contributed by atoms with Crippen molar-refractivity contribution in [3.63, 3.8) is 0 Å². The highest BCUT2D eigenvalue weighted by Gasteiger charge is 2.21. The molecule has 0 spiro atoms. The summed E-state index contributed by atoms with van der Waals surface area (Å²) in [6.07, 6.45) is 4.99. The highest BCUT2D eigenvalue weighted by atomic mass is 14.7. The fourth-order valence-corrected chi connectivity index (χ4v) is 1.98. The van der Waals surface area contributed by atoms with Gasteiger partial charge in [0.15, 0.2) is 0 Å². The molecule has 1 aromatic heterocycles. The zero-order chi connectivity index (χ0) is 9.26. The number of rotatable bonds is 0. The smallest absolute Gasteiger partial charge is 0.0887 e. The van der Waals surface area contributed by atoms with Crippen molar-refractivity contribution in [1.29, 1.82) is 5.26 Å². The van der Waals surface area contributed by atoms with Crippen LogP contribution in [-0.4, -0.2) is 4.98 Å². The van der Waals surface area contributed by atoms with E-state index in [-0.39, 0.29) is 5.92 Å². The second-order valence-corrected chi connectivity index (χ2v) is 3.57. The van der Waals surface area contributed by atoms with Gasteiger partial charge in [-0.1, -0.05) is 0 Å². The van der Waals surface area contributed by atoms with Crippen LogP contribution in [0.1, 0.15) is 35.6 Å². The summed E-state index contributed by atoms with van der Waals surface area (Å²) in [5.74, 6) is 0.0312. The molecule has 0 saturated carbocycles. The zero-order valence-electron chi connectivity index (χ0n) is 7.75. The van der Waals surface area contributed by atoms with E-state index >= 15 is 0 Å². The van der Waals surface area contributed by atoms with Gasteiger partial charge in [-0.2, -0.15) is 5.26 Å². The Labute approximate surface area is 78.2 Å². The molecule has 0 amide bonds. The highest BCUT2D eigenvalue weighted by molar-refractivity contribution is 5.35. The lowest BCUT2D eigenvalue weighted by Gasteiger charge is -2.20. The van der Waals surface area contributed by atoms with Gasteiger partial charge in [0, 0.05) is 6.20 Å². The monoisotopic (exact) mass is 172 g/mol. The number of aromatic nitrogens is 1. The molecule has 0 aromatic carbocycles. The van der Waals surface area contributed by atoms with Crippen LogP contribution in [0.4, 0.5) is 0 Å². The average molecular weight is 172 g/mol. The molecule has 0 bridgehead atoms. The van der Waals surface area contributed by atoms with Gasteiger partial charge in [-0.05, 0) is 43.4 Å². The van der Waals surface area contributed by atoms with Crippen LogP contribution in [0, 0.1) is 18.3 Å². The first-order valence-electron chi connectivity index (χ1n) is 4.67. The normalized spacial score (nSPS) is 20.5. The van der Waals surface area contributed by atoms with Gasteiger partial charge >= 0.3 is 0 Å². The minimum atomic E-state index is 0.0312. The molecule has 0 saturated heterocycles. The van der Waals surface area contributed by atoms with Gasteiger partial charge in [0.25, 0.3) is 0 Å². The van der Waals surface area contributed by atoms with Crippen molar-refractivity contribution in [2.75, 3.05) is 0 Å². The quantitative estimate of drug-likeness (QED) is 0.602. The highest BCUT2D eigenvalue weighted by Crippen LogP contribution is 2.30. The first-order valence-corrected chi connectivity index (χ1v) is 4.67. The third-order valence-corrected chi connectivity index (χ3v) is 2.73. The molecule has 1 aromatic rings. The Morgan fingerprint density at radius 3 is 3.23 bits per heavy atom. The summed E-state index contributed by atoms with van der Waals surface area (Å²) in [5.41, 5.74) is 3.61. The molecule has 0 N–H and O–H groups in total. The van der Waals surface area contributed by atoms with Gasteiger partial charge in [0.1, 0.15) is 0 Å². The maximum absolute atomic E-state index is 8.94. The Morgan fingerprint density at radius 1 is 1.62 bits per heavy atom. The second-order valence-electron chi connectivity index (χ2n) is 3.57. The number of pyridine rings is 1. The van der Waals surface area contributed by atoms with E-state index in [0.29, 0.717) is 0 Å². The summed E-state index contributed by atoms with van der Waals surface area (Å²) in [5, 5.41) is 8.94. The van der Waals surface area contributed by atoms with Crippen LogP contribution in [0.15, 0.2) is 12.3 Å². The summed E-state index contributed by atoms with van der Waals surface area (Å²) in [7, 11) is 0. The average Bonchev–Trinajstić information content (AvgIpc) is 2.18. The van der Waals surface area contributed by atoms with Crippen LogP contribution < -0.4 is 0 Å². The summed E-state index contributed by atoms with van der Waals surface area (Å²) >= 11 is 0. The van der Waals surface area contributed by atoms with Crippen molar-refractivity contribution < 1.29 is 0 Å². The van der Waals surface area contributed by atoms with E-state index in [2.05, 4.69) is 18.0 Å². The third kappa shape index (κ3) is 1.31. The predicted molar refractivity (Wildman–Crippen MR) is 50.3 cm³/mol. The van der Waals surface area contributed by atoms with E-state index in [9.17, 15) is 0 Å². The number of nitrogens with zero attached hydrogens (tertiary/aromatic N) is 2. The zero-order valence-corrected chi connectivity index (χ0v) is 7.75. The van der Waals surface area contributed by atoms with Gasteiger partial charge in [-0.3, -0.25) is 4.98 Å². The van der Waals surface area contributed by atoms with Crippen molar-refractivity contribution in [1.82, 2.24) is 4.98 Å². The molecular weight excluding hydrogens is 160 g/mol. The van der Waals surface area contributed by atoms with Crippen LogP contribution in [0.2, 0.25) is 0 Å². The Bertz CT molecular complexity index is 363. The number of aryl methyl sites for hydroxylation is 1. The molecule has 0 radical (unpaired) electrons. The van der Waals surface area contributed by atoms with Gasteiger partial charge in [-0.25, -0.2) is 0 Å². The van der Waals surface area contributed by atoms with Crippen molar-refractivity contribution >= 4 is 0 Å². The van der Waals surface area contributed by atoms with E-state index in [0.717, 1.165) is 25.0 Å². The van der Waals surface area contributed by atoms with Crippen molar-refractivity contribution in [2.24, 2.45) is 0 Å². The number of nitriles is 1. The van der Waals surface area contributed by atoms with Crippen molar-refractivity contribution in [3.05, 3.63) is 29.1 Å². The molecule has 1 aliphatic carbocycles. The van der Waals surface area contributed by atoms with Crippen LogP contribution in [-0.2, 0) is 6.42 Å². The molecule has 0 aliphatic heterocycles. The van der Waals surface area contributed by atoms with E-state index in [1.165, 1.54) is 11.1 Å². The molecule has 1 unspecified atom stereocenters. The standard InChI is InChI=1S/C11H12N2/c1-8-5-6-13-11-9(7-12)3-2-4-10(8)11/h5-6,9H,2-4H2,1H3. The molecule has 13 heavy (non-hydrogen) atoms. The van der Waals surface area contributed by atoms with E-state index in [1.54, 1.807) is 0 Å². The molecule has 2 rings (SSSR count). The van der Waals surface area contributed by atoms with Crippen LogP contribution >= 0.6 is 0 Å². The summed E-state index contributed by atoms with van der Waals surface area (Å²) < 4.78 is 0. The number of fused-ring (bicyclic) bond motifs is 1. The first kappa shape index (κ1) is 8.25. The van der Waals surface area contributed by atoms with Crippen LogP contribution in [0.3, 0.4) is 0 Å². The molecule has 2 nitrogen and oxygen atoms in total. The van der Waals surface area contributed by atoms with E-state index < -0.39 is 0 Å². The molecule has 1 atom stereocenters. The predicted octanol–water partition coefficient (Wildman–Crippen LogP) is 2.33. The SMILES string of the molecule is Cc1ccnc2c1CCCC2C#N. The minimum Gasteiger partial charge on any atom is -0.260 e. The molecule has 1 aliphatic rings. The van der Waals surface area contributed by atoms with Gasteiger partial charge in [-0.15, -0.1) is 0 Å². The third-order valence-electron chi connectivity index (χ3n) is 2.73. The lowest BCUT2D eigenvalue weighted by Crippen LogP contribution is -2.11. The lowest BCUT2D eigenvalue weighted by atomic mass is 9.85. The maximum atomic E-state index is 8.94. The van der Waals surface area contributed by atoms with E-state index in [4.69, 9.17) is 5.26 Å². The second kappa shape index (κ2) is 3.18. The Hall–Kier alpha value is -1.36. The summed E-state index contributed by atoms with van der Waals surface area (Å²) in [6.45, 7) is 2.10. The van der Waals surface area contributed by atoms with Crippen LogP contribution in [0.25, 0.3) is 0 Å². The van der Waals surface area contributed by atoms with Crippen LogP contribution in [0.5, 0.6) is 0 Å². The first-order chi connectivity index (χ1) is 6.33. The molecular formula is C11H12N2. The number of hydrogen-bond donors (Lipinski definition) is 0. The van der Waals surface area contributed by atoms with Gasteiger partial charge in [0.2, 0.25) is 0 Å². The maximum Gasteiger partial charge on any atom is 0.0887 e. The largest absolute Gasteiger partial charge is 0.260 e. The fourth-order valence-electron chi connectivity index (χ4n) is 1.98. The van der Waals surface area contributed by atoms with Crippen molar-refractivity contribution in [3.8, 4) is 6.07 Å². The lowest BCUT2D eigenvalue weighted by molar-refractivity contribution is 0.616. The van der Waals surface area contributed by atoms with Gasteiger partial charge < -0.3 is 0 Å². The topological polar surface area (TPSA) is 36.7 Å². The number of hydrogen-bond acceptors (Lipinski definition) is 2. The molecule has 0 fully saturated rings. The fraction of sp³-hybridized carbons (Fsp3) is 0.455. The van der Waals surface area contributed by atoms with Gasteiger partial charge in [0.05, 0.1) is 17.7 Å². The van der Waals surface area contributed by atoms with E-state index in [1.807, 2.05) is 12.3 Å².